The maximum atomic E-state index is 10.0. The lowest BCUT2D eigenvalue weighted by Crippen LogP contribution is -1.98. The number of aliphatic imine (C=N–C) groups is 1. The Bertz CT molecular complexity index is 229. The fourth-order valence-electron chi connectivity index (χ4n) is 0.421. The summed E-state index contributed by atoms with van der Waals surface area (Å²) in [6.07, 6.45) is 5.11. The molecule has 52 valence electrons. The molecule has 1 aliphatic rings. The molecule has 0 spiro atoms. The lowest BCUT2D eigenvalue weighted by Gasteiger charge is -1.90. The zero-order chi connectivity index (χ0) is 7.40. The number of allylic oxidation sites excluding steroid dienone is 1. The van der Waals surface area contributed by atoms with Crippen LogP contribution in [0.1, 0.15) is 0 Å². The van der Waals surface area contributed by atoms with E-state index in [-0.39, 0.29) is 5.88 Å². The molecule has 0 atom stereocenters. The van der Waals surface area contributed by atoms with Gasteiger partial charge in [0.05, 0.1) is 6.26 Å². The molecule has 0 radical (unpaired) electrons. The van der Waals surface area contributed by atoms with E-state index in [9.17, 15) is 10.1 Å². The lowest BCUT2D eigenvalue weighted by molar-refractivity contribution is -0.458. The van der Waals surface area contributed by atoms with E-state index in [1.54, 1.807) is 0 Å². The van der Waals surface area contributed by atoms with Crippen molar-refractivity contribution in [1.82, 2.24) is 0 Å². The first-order valence-corrected chi connectivity index (χ1v) is 2.50. The summed E-state index contributed by atoms with van der Waals surface area (Å²) in [5.74, 6) is -0.370. The van der Waals surface area contributed by atoms with Crippen molar-refractivity contribution in [2.75, 3.05) is 0 Å². The van der Waals surface area contributed by atoms with Gasteiger partial charge < -0.3 is 4.74 Å². The fourth-order valence-corrected chi connectivity index (χ4v) is 0.421. The number of nitrogens with zero attached hydrogens (tertiary/aromatic N) is 2. The van der Waals surface area contributed by atoms with Crippen LogP contribution in [-0.2, 0) is 4.74 Å². The number of hydrogen-bond acceptors (Lipinski definition) is 4. The third-order valence-corrected chi connectivity index (χ3v) is 0.804. The average molecular weight is 140 g/mol. The van der Waals surface area contributed by atoms with Crippen LogP contribution in [0.15, 0.2) is 29.4 Å². The van der Waals surface area contributed by atoms with Crippen LogP contribution in [0.25, 0.3) is 0 Å². The van der Waals surface area contributed by atoms with Crippen LogP contribution in [0, 0.1) is 10.1 Å². The number of nitro groups is 1. The van der Waals surface area contributed by atoms with Gasteiger partial charge in [-0.2, -0.15) is 0 Å². The predicted molar refractivity (Wildman–Crippen MR) is 33.8 cm³/mol. The third-order valence-electron chi connectivity index (χ3n) is 0.804. The van der Waals surface area contributed by atoms with Gasteiger partial charge >= 0.3 is 5.88 Å². The highest BCUT2D eigenvalue weighted by Crippen LogP contribution is 2.00. The summed E-state index contributed by atoms with van der Waals surface area (Å²) in [7, 11) is 0. The standard InChI is InChI=1S/C5H4N2O3/c8-7(9)5-4-6-2-1-3-10-5/h1-4H. The molecule has 0 amide bonds. The van der Waals surface area contributed by atoms with Crippen molar-refractivity contribution in [3.63, 3.8) is 0 Å². The molecule has 5 heteroatoms. The first kappa shape index (κ1) is 6.47. The van der Waals surface area contributed by atoms with Crippen molar-refractivity contribution in [2.45, 2.75) is 0 Å². The van der Waals surface area contributed by atoms with Gasteiger partial charge in [0.1, 0.15) is 11.1 Å². The van der Waals surface area contributed by atoms with Gasteiger partial charge in [-0.25, -0.2) is 0 Å². The highest BCUT2D eigenvalue weighted by atomic mass is 16.7. The van der Waals surface area contributed by atoms with Gasteiger partial charge in [0.15, 0.2) is 0 Å². The van der Waals surface area contributed by atoms with E-state index < -0.39 is 4.92 Å². The van der Waals surface area contributed by atoms with E-state index >= 15 is 0 Å². The summed E-state index contributed by atoms with van der Waals surface area (Å²) < 4.78 is 4.52. The summed E-state index contributed by atoms with van der Waals surface area (Å²) >= 11 is 0. The Balaban J connectivity index is 2.78. The maximum absolute atomic E-state index is 10.0. The third kappa shape index (κ3) is 1.41. The number of hydrogen-bond donors (Lipinski definition) is 0. The smallest absolute Gasteiger partial charge is 0.408 e. The normalized spacial score (nSPS) is 15.4. The van der Waals surface area contributed by atoms with E-state index in [4.69, 9.17) is 0 Å². The monoisotopic (exact) mass is 140 g/mol. The van der Waals surface area contributed by atoms with Gasteiger partial charge in [-0.1, -0.05) is 0 Å². The van der Waals surface area contributed by atoms with Crippen LogP contribution in [0.5, 0.6) is 0 Å². The van der Waals surface area contributed by atoms with Crippen LogP contribution < -0.4 is 0 Å². The first-order chi connectivity index (χ1) is 4.80. The Morgan fingerprint density at radius 1 is 1.70 bits per heavy atom. The van der Waals surface area contributed by atoms with Crippen LogP contribution >= 0.6 is 0 Å². The molecule has 0 N–H and O–H groups in total. The molecule has 0 saturated carbocycles. The second-order valence-electron chi connectivity index (χ2n) is 1.47. The van der Waals surface area contributed by atoms with Crippen LogP contribution in [0.2, 0.25) is 0 Å². The van der Waals surface area contributed by atoms with E-state index in [1.807, 2.05) is 0 Å². The van der Waals surface area contributed by atoms with Gasteiger partial charge in [0, 0.05) is 6.21 Å². The molecule has 5 nitrogen and oxygen atoms in total. The molecule has 1 aliphatic heterocycles. The Hall–Kier alpha value is -1.65. The maximum Gasteiger partial charge on any atom is 0.451 e. The van der Waals surface area contributed by atoms with E-state index in [1.165, 1.54) is 18.6 Å². The number of rotatable bonds is 1. The van der Waals surface area contributed by atoms with Gasteiger partial charge in [0.2, 0.25) is 0 Å². The molecule has 0 saturated heterocycles. The zero-order valence-corrected chi connectivity index (χ0v) is 4.93. The minimum atomic E-state index is -0.646. The van der Waals surface area contributed by atoms with Crippen molar-refractivity contribution < 1.29 is 9.66 Å². The van der Waals surface area contributed by atoms with Crippen LogP contribution in [0.3, 0.4) is 0 Å². The largest absolute Gasteiger partial charge is 0.451 e. The van der Waals surface area contributed by atoms with Crippen molar-refractivity contribution in [1.29, 1.82) is 0 Å². The molecule has 0 fully saturated rings. The second-order valence-corrected chi connectivity index (χ2v) is 1.47. The lowest BCUT2D eigenvalue weighted by atomic mass is 10.7. The quantitative estimate of drug-likeness (QED) is 0.397. The molecule has 0 bridgehead atoms. The number of ether oxygens (including phenoxy) is 1. The van der Waals surface area contributed by atoms with E-state index in [2.05, 4.69) is 9.73 Å². The van der Waals surface area contributed by atoms with E-state index in [0.717, 1.165) is 6.20 Å². The Kier molecular flexibility index (Phi) is 1.79. The molecule has 0 aromatic rings. The van der Waals surface area contributed by atoms with Crippen molar-refractivity contribution >= 4 is 6.21 Å². The minimum Gasteiger partial charge on any atom is -0.408 e. The Labute approximate surface area is 56.5 Å². The summed E-state index contributed by atoms with van der Waals surface area (Å²) in [5, 5.41) is 10.0. The molecule has 1 rings (SSSR count). The molecule has 0 aliphatic carbocycles. The van der Waals surface area contributed by atoms with Gasteiger partial charge in [0.25, 0.3) is 0 Å². The van der Waals surface area contributed by atoms with Gasteiger partial charge in [-0.15, -0.1) is 0 Å². The molecule has 10 heavy (non-hydrogen) atoms. The molecule has 0 aromatic carbocycles. The fraction of sp³-hybridized carbons (Fsp3) is 0. The Morgan fingerprint density at radius 2 is 2.50 bits per heavy atom. The van der Waals surface area contributed by atoms with Crippen LogP contribution in [-0.4, -0.2) is 11.1 Å². The van der Waals surface area contributed by atoms with Crippen molar-refractivity contribution in [2.24, 2.45) is 4.99 Å². The predicted octanol–water partition coefficient (Wildman–Crippen LogP) is 0.677. The molecular weight excluding hydrogens is 136 g/mol. The Morgan fingerprint density at radius 3 is 3.20 bits per heavy atom. The van der Waals surface area contributed by atoms with Crippen molar-refractivity contribution in [3.05, 3.63) is 34.5 Å². The van der Waals surface area contributed by atoms with E-state index in [0.29, 0.717) is 0 Å². The van der Waals surface area contributed by atoms with Gasteiger partial charge in [-0.3, -0.25) is 15.1 Å². The summed E-state index contributed by atoms with van der Waals surface area (Å²) in [6.45, 7) is 0. The summed E-state index contributed by atoms with van der Waals surface area (Å²) in [4.78, 5) is 12.9. The summed E-state index contributed by atoms with van der Waals surface area (Å²) in [6, 6.07) is 0. The molecule has 0 aromatic heterocycles. The minimum absolute atomic E-state index is 0.370. The zero-order valence-electron chi connectivity index (χ0n) is 4.93. The highest BCUT2D eigenvalue weighted by molar-refractivity contribution is 5.71. The molecule has 0 unspecified atom stereocenters. The van der Waals surface area contributed by atoms with Crippen molar-refractivity contribution in [3.8, 4) is 0 Å². The molecule has 1 heterocycles. The SMILES string of the molecule is O=[N+]([O-])C1=CN=CC=CO1. The first-order valence-electron chi connectivity index (χ1n) is 2.50. The molecular formula is C5H4N2O3. The van der Waals surface area contributed by atoms with Crippen LogP contribution in [0.4, 0.5) is 0 Å². The average Bonchev–Trinajstić information content (AvgIpc) is 2.12. The van der Waals surface area contributed by atoms with Gasteiger partial charge in [-0.05, 0) is 6.08 Å². The highest BCUT2D eigenvalue weighted by Gasteiger charge is 2.09. The second kappa shape index (κ2) is 2.77. The summed E-state index contributed by atoms with van der Waals surface area (Å²) in [5.41, 5.74) is 0. The topological polar surface area (TPSA) is 64.7 Å².